The predicted molar refractivity (Wildman–Crippen MR) is 85.6 cm³/mol. The van der Waals surface area contributed by atoms with Gasteiger partial charge in [0, 0.05) is 18.7 Å². The van der Waals surface area contributed by atoms with Gasteiger partial charge in [-0.1, -0.05) is 25.1 Å². The molecule has 0 aliphatic carbocycles. The Hall–Kier alpha value is -2.18. The Bertz CT molecular complexity index is 642. The zero-order valence-electron chi connectivity index (χ0n) is 13.2. The maximum atomic E-state index is 12.4. The van der Waals surface area contributed by atoms with Crippen LogP contribution in [0.3, 0.4) is 0 Å². The molecule has 2 heterocycles. The van der Waals surface area contributed by atoms with E-state index in [1.165, 1.54) is 6.39 Å². The molecule has 1 aliphatic rings. The minimum atomic E-state index is -0.203. The number of ether oxygens (including phenoxy) is 1. The lowest BCUT2D eigenvalue weighted by atomic mass is 10.1. The molecule has 0 bridgehead atoms. The standard InChI is InChI=1S/C17H21N3O3/c1-2-20-6-7-22-11-15(20)17(21)19-9-13-4-3-5-14(8-13)16-10-18-12-23-16/h3-5,8,10,12,15H,2,6-7,9,11H2,1H3,(H,19,21). The number of hydrogen-bond donors (Lipinski definition) is 1. The number of amides is 1. The Balaban J connectivity index is 1.61. The van der Waals surface area contributed by atoms with Crippen molar-refractivity contribution in [3.05, 3.63) is 42.4 Å². The van der Waals surface area contributed by atoms with Crippen LogP contribution < -0.4 is 5.32 Å². The number of carbonyl (C=O) groups is 1. The minimum Gasteiger partial charge on any atom is -0.444 e. The van der Waals surface area contributed by atoms with Gasteiger partial charge in [-0.25, -0.2) is 4.98 Å². The highest BCUT2D eigenvalue weighted by molar-refractivity contribution is 5.82. The number of benzene rings is 1. The van der Waals surface area contributed by atoms with Gasteiger partial charge in [0.2, 0.25) is 5.91 Å². The average molecular weight is 315 g/mol. The summed E-state index contributed by atoms with van der Waals surface area (Å²) in [5.41, 5.74) is 1.97. The van der Waals surface area contributed by atoms with E-state index in [9.17, 15) is 4.79 Å². The van der Waals surface area contributed by atoms with Crippen LogP contribution in [0.2, 0.25) is 0 Å². The number of likely N-dealkylation sites (N-methyl/N-ethyl adjacent to an activating group) is 1. The first-order chi connectivity index (χ1) is 11.3. The second-order valence-corrected chi connectivity index (χ2v) is 5.50. The molecule has 1 aromatic heterocycles. The fourth-order valence-corrected chi connectivity index (χ4v) is 2.76. The number of rotatable bonds is 5. The lowest BCUT2D eigenvalue weighted by Crippen LogP contribution is -2.53. The molecule has 1 atom stereocenters. The lowest BCUT2D eigenvalue weighted by molar-refractivity contribution is -0.132. The van der Waals surface area contributed by atoms with Crippen LogP contribution in [-0.4, -0.2) is 48.1 Å². The van der Waals surface area contributed by atoms with Gasteiger partial charge in [-0.15, -0.1) is 0 Å². The van der Waals surface area contributed by atoms with Crippen molar-refractivity contribution in [1.82, 2.24) is 15.2 Å². The van der Waals surface area contributed by atoms with Crippen LogP contribution in [0.15, 0.2) is 41.3 Å². The third-order valence-corrected chi connectivity index (χ3v) is 4.06. The molecule has 1 N–H and O–H groups in total. The van der Waals surface area contributed by atoms with E-state index < -0.39 is 0 Å². The molecule has 1 aromatic carbocycles. The molecule has 1 fully saturated rings. The molecule has 0 saturated carbocycles. The van der Waals surface area contributed by atoms with Crippen molar-refractivity contribution in [2.45, 2.75) is 19.5 Å². The van der Waals surface area contributed by atoms with Crippen LogP contribution in [-0.2, 0) is 16.1 Å². The molecule has 1 unspecified atom stereocenters. The first-order valence-corrected chi connectivity index (χ1v) is 7.85. The normalized spacial score (nSPS) is 18.7. The van der Waals surface area contributed by atoms with Crippen molar-refractivity contribution in [2.24, 2.45) is 0 Å². The topological polar surface area (TPSA) is 67.6 Å². The van der Waals surface area contributed by atoms with E-state index in [1.807, 2.05) is 24.3 Å². The summed E-state index contributed by atoms with van der Waals surface area (Å²) in [6.45, 7) is 5.34. The number of aromatic nitrogens is 1. The summed E-state index contributed by atoms with van der Waals surface area (Å²) in [6.07, 6.45) is 3.09. The fraction of sp³-hybridized carbons (Fsp3) is 0.412. The highest BCUT2D eigenvalue weighted by Crippen LogP contribution is 2.19. The number of nitrogens with one attached hydrogen (secondary N) is 1. The summed E-state index contributed by atoms with van der Waals surface area (Å²) in [6, 6.07) is 7.68. The van der Waals surface area contributed by atoms with Crippen LogP contribution >= 0.6 is 0 Å². The highest BCUT2D eigenvalue weighted by Gasteiger charge is 2.27. The summed E-state index contributed by atoms with van der Waals surface area (Å²) in [5, 5.41) is 3.00. The SMILES string of the molecule is CCN1CCOCC1C(=O)NCc1cccc(-c2cnco2)c1. The van der Waals surface area contributed by atoms with E-state index in [0.29, 0.717) is 19.8 Å². The van der Waals surface area contributed by atoms with Crippen molar-refractivity contribution < 1.29 is 13.9 Å². The van der Waals surface area contributed by atoms with E-state index >= 15 is 0 Å². The largest absolute Gasteiger partial charge is 0.444 e. The molecule has 6 nitrogen and oxygen atoms in total. The number of hydrogen-bond acceptors (Lipinski definition) is 5. The summed E-state index contributed by atoms with van der Waals surface area (Å²) in [5.74, 6) is 0.729. The molecule has 2 aromatic rings. The Morgan fingerprint density at radius 1 is 1.48 bits per heavy atom. The van der Waals surface area contributed by atoms with Crippen molar-refractivity contribution in [3.63, 3.8) is 0 Å². The molecular formula is C17H21N3O3. The summed E-state index contributed by atoms with van der Waals surface area (Å²) >= 11 is 0. The van der Waals surface area contributed by atoms with E-state index in [4.69, 9.17) is 9.15 Å². The van der Waals surface area contributed by atoms with Crippen LogP contribution in [0.4, 0.5) is 0 Å². The van der Waals surface area contributed by atoms with Crippen molar-refractivity contribution in [3.8, 4) is 11.3 Å². The molecule has 1 amide bonds. The van der Waals surface area contributed by atoms with Crippen LogP contribution in [0, 0.1) is 0 Å². The van der Waals surface area contributed by atoms with E-state index in [0.717, 1.165) is 30.0 Å². The van der Waals surface area contributed by atoms with Crippen molar-refractivity contribution in [1.29, 1.82) is 0 Å². The monoisotopic (exact) mass is 315 g/mol. The zero-order chi connectivity index (χ0) is 16.1. The average Bonchev–Trinajstić information content (AvgIpc) is 3.14. The van der Waals surface area contributed by atoms with Gasteiger partial charge < -0.3 is 14.5 Å². The first kappa shape index (κ1) is 15.7. The number of oxazole rings is 1. The highest BCUT2D eigenvalue weighted by atomic mass is 16.5. The molecular weight excluding hydrogens is 294 g/mol. The maximum Gasteiger partial charge on any atom is 0.240 e. The maximum absolute atomic E-state index is 12.4. The van der Waals surface area contributed by atoms with Crippen LogP contribution in [0.25, 0.3) is 11.3 Å². The molecule has 1 aliphatic heterocycles. The molecule has 3 rings (SSSR count). The Morgan fingerprint density at radius 3 is 3.17 bits per heavy atom. The number of carbonyl (C=O) groups excluding carboxylic acids is 1. The fourth-order valence-electron chi connectivity index (χ4n) is 2.76. The second-order valence-electron chi connectivity index (χ2n) is 5.50. The van der Waals surface area contributed by atoms with E-state index in [2.05, 4.69) is 22.1 Å². The first-order valence-electron chi connectivity index (χ1n) is 7.85. The molecule has 23 heavy (non-hydrogen) atoms. The van der Waals surface area contributed by atoms with Gasteiger partial charge in [0.05, 0.1) is 19.4 Å². The molecule has 122 valence electrons. The number of nitrogens with zero attached hydrogens (tertiary/aromatic N) is 2. The summed E-state index contributed by atoms with van der Waals surface area (Å²) in [4.78, 5) is 18.5. The third kappa shape index (κ3) is 3.78. The van der Waals surface area contributed by atoms with Crippen LogP contribution in [0.1, 0.15) is 12.5 Å². The Morgan fingerprint density at radius 2 is 2.39 bits per heavy atom. The summed E-state index contributed by atoms with van der Waals surface area (Å²) < 4.78 is 10.7. The summed E-state index contributed by atoms with van der Waals surface area (Å²) in [7, 11) is 0. The third-order valence-electron chi connectivity index (χ3n) is 4.06. The molecule has 6 heteroatoms. The van der Waals surface area contributed by atoms with Crippen molar-refractivity contribution in [2.75, 3.05) is 26.3 Å². The van der Waals surface area contributed by atoms with E-state index in [1.54, 1.807) is 6.20 Å². The molecule has 0 radical (unpaired) electrons. The van der Waals surface area contributed by atoms with E-state index in [-0.39, 0.29) is 11.9 Å². The zero-order valence-corrected chi connectivity index (χ0v) is 13.2. The minimum absolute atomic E-state index is 0.0108. The van der Waals surface area contributed by atoms with Crippen molar-refractivity contribution >= 4 is 5.91 Å². The molecule has 1 saturated heterocycles. The van der Waals surface area contributed by atoms with Crippen LogP contribution in [0.5, 0.6) is 0 Å². The Labute approximate surface area is 135 Å². The second kappa shape index (κ2) is 7.39. The van der Waals surface area contributed by atoms with Gasteiger partial charge in [-0.3, -0.25) is 9.69 Å². The predicted octanol–water partition coefficient (Wildman–Crippen LogP) is 1.68. The Kier molecular flexibility index (Phi) is 5.05. The van der Waals surface area contributed by atoms with Gasteiger partial charge in [0.15, 0.2) is 12.2 Å². The smallest absolute Gasteiger partial charge is 0.240 e. The lowest BCUT2D eigenvalue weighted by Gasteiger charge is -2.33. The molecule has 0 spiro atoms. The van der Waals surface area contributed by atoms with Gasteiger partial charge in [0.25, 0.3) is 0 Å². The quantitative estimate of drug-likeness (QED) is 0.909. The van der Waals surface area contributed by atoms with Gasteiger partial charge >= 0.3 is 0 Å². The van der Waals surface area contributed by atoms with Gasteiger partial charge in [-0.05, 0) is 18.2 Å². The number of morpholine rings is 1. The van der Waals surface area contributed by atoms with Gasteiger partial charge in [0.1, 0.15) is 6.04 Å². The van der Waals surface area contributed by atoms with Gasteiger partial charge in [-0.2, -0.15) is 0 Å².